The molecular formula is C15H11BrClFO2. The predicted molar refractivity (Wildman–Crippen MR) is 81.2 cm³/mol. The molecule has 2 rings (SSSR count). The Morgan fingerprint density at radius 3 is 2.55 bits per heavy atom. The number of hydrogen-bond donors (Lipinski definition) is 0. The van der Waals surface area contributed by atoms with Crippen molar-refractivity contribution < 1.29 is 13.9 Å². The molecule has 0 bridgehead atoms. The van der Waals surface area contributed by atoms with Gasteiger partial charge in [-0.3, -0.25) is 4.79 Å². The lowest BCUT2D eigenvalue weighted by atomic mass is 9.98. The molecule has 2 aromatic rings. The third kappa shape index (κ3) is 2.34. The number of rotatable bonds is 3. The summed E-state index contributed by atoms with van der Waals surface area (Å²) >= 11 is 9.45. The molecule has 0 aromatic heterocycles. The molecule has 0 unspecified atom stereocenters. The topological polar surface area (TPSA) is 26.3 Å². The molecule has 0 saturated carbocycles. The molecule has 0 saturated heterocycles. The van der Waals surface area contributed by atoms with Crippen LogP contribution in [0.5, 0.6) is 5.75 Å². The molecule has 0 aliphatic heterocycles. The molecule has 0 radical (unpaired) electrons. The summed E-state index contributed by atoms with van der Waals surface area (Å²) in [7, 11) is 1.38. The van der Waals surface area contributed by atoms with Crippen LogP contribution in [0.25, 0.3) is 11.1 Å². The zero-order valence-corrected chi connectivity index (χ0v) is 13.2. The number of carbonyl (C=O) groups excluding carboxylic acids is 1. The zero-order valence-electron chi connectivity index (χ0n) is 10.8. The summed E-state index contributed by atoms with van der Waals surface area (Å²) in [5, 5.41) is -0.103. The van der Waals surface area contributed by atoms with E-state index in [2.05, 4.69) is 15.9 Å². The molecule has 2 nitrogen and oxygen atoms in total. The smallest absolute Gasteiger partial charge is 0.156 e. The largest absolute Gasteiger partial charge is 0.495 e. The maximum atomic E-state index is 14.2. The van der Waals surface area contributed by atoms with Gasteiger partial charge in [0.15, 0.2) is 12.1 Å². The molecule has 0 heterocycles. The minimum Gasteiger partial charge on any atom is -0.495 e. The highest BCUT2D eigenvalue weighted by Gasteiger charge is 2.24. The molecule has 2 aromatic carbocycles. The monoisotopic (exact) mass is 356 g/mol. The van der Waals surface area contributed by atoms with Crippen molar-refractivity contribution in [2.45, 2.75) is 6.92 Å². The average molecular weight is 358 g/mol. The number of hydrogen-bond acceptors (Lipinski definition) is 2. The van der Waals surface area contributed by atoms with E-state index in [0.29, 0.717) is 16.3 Å². The Balaban J connectivity index is 2.88. The fourth-order valence-electron chi connectivity index (χ4n) is 2.05. The van der Waals surface area contributed by atoms with Gasteiger partial charge in [0.25, 0.3) is 0 Å². The fourth-order valence-corrected chi connectivity index (χ4v) is 3.25. The summed E-state index contributed by atoms with van der Waals surface area (Å²) in [6.45, 7) is 1.90. The minimum absolute atomic E-state index is 0.103. The van der Waals surface area contributed by atoms with Crippen LogP contribution in [0, 0.1) is 12.7 Å². The number of ether oxygens (including phenoxy) is 1. The zero-order chi connectivity index (χ0) is 14.9. The third-order valence-electron chi connectivity index (χ3n) is 3.05. The highest BCUT2D eigenvalue weighted by atomic mass is 79.9. The van der Waals surface area contributed by atoms with Gasteiger partial charge in [-0.2, -0.15) is 0 Å². The first-order valence-electron chi connectivity index (χ1n) is 5.78. The summed E-state index contributed by atoms with van der Waals surface area (Å²) in [5.74, 6) is -0.639. The van der Waals surface area contributed by atoms with Crippen LogP contribution in [0.4, 0.5) is 4.39 Å². The highest BCUT2D eigenvalue weighted by molar-refractivity contribution is 9.10. The number of carbonyl (C=O) groups is 1. The Morgan fingerprint density at radius 1 is 1.35 bits per heavy atom. The van der Waals surface area contributed by atoms with Gasteiger partial charge in [-0.1, -0.05) is 35.9 Å². The van der Waals surface area contributed by atoms with Gasteiger partial charge in [0, 0.05) is 5.56 Å². The fraction of sp³-hybridized carbons (Fsp3) is 0.133. The predicted octanol–water partition coefficient (Wildman–Crippen LogP) is 5.04. The Morgan fingerprint density at radius 2 is 2.00 bits per heavy atom. The summed E-state index contributed by atoms with van der Waals surface area (Å²) in [4.78, 5) is 11.0. The van der Waals surface area contributed by atoms with Crippen molar-refractivity contribution in [3.05, 3.63) is 50.7 Å². The SMILES string of the molecule is COc1c(Br)c(-c2ccccc2C)c(Cl)c(F)c1C=O. The van der Waals surface area contributed by atoms with Crippen LogP contribution < -0.4 is 4.74 Å². The molecule has 0 atom stereocenters. The number of halogens is 3. The van der Waals surface area contributed by atoms with E-state index in [0.717, 1.165) is 11.1 Å². The first kappa shape index (κ1) is 15.0. The van der Waals surface area contributed by atoms with Gasteiger partial charge in [-0.15, -0.1) is 0 Å². The van der Waals surface area contributed by atoms with E-state index in [-0.39, 0.29) is 16.3 Å². The molecule has 0 aliphatic carbocycles. The Bertz CT molecular complexity index is 686. The second-order valence-corrected chi connectivity index (χ2v) is 5.37. The second kappa shape index (κ2) is 5.94. The lowest BCUT2D eigenvalue weighted by molar-refractivity contribution is 0.111. The van der Waals surface area contributed by atoms with E-state index in [1.807, 2.05) is 31.2 Å². The van der Waals surface area contributed by atoms with Crippen LogP contribution in [-0.2, 0) is 0 Å². The van der Waals surface area contributed by atoms with Crippen LogP contribution in [0.3, 0.4) is 0 Å². The average Bonchev–Trinajstić information content (AvgIpc) is 2.44. The number of methoxy groups -OCH3 is 1. The van der Waals surface area contributed by atoms with Crippen LogP contribution in [0.15, 0.2) is 28.7 Å². The van der Waals surface area contributed by atoms with Gasteiger partial charge < -0.3 is 4.74 Å². The molecule has 0 fully saturated rings. The van der Waals surface area contributed by atoms with E-state index in [4.69, 9.17) is 16.3 Å². The van der Waals surface area contributed by atoms with Gasteiger partial charge >= 0.3 is 0 Å². The van der Waals surface area contributed by atoms with E-state index < -0.39 is 5.82 Å². The van der Waals surface area contributed by atoms with Crippen LogP contribution in [0.1, 0.15) is 15.9 Å². The molecular weight excluding hydrogens is 347 g/mol. The highest BCUT2D eigenvalue weighted by Crippen LogP contribution is 2.45. The van der Waals surface area contributed by atoms with E-state index >= 15 is 0 Å². The molecule has 0 aliphatic rings. The molecule has 5 heteroatoms. The van der Waals surface area contributed by atoms with E-state index in [1.165, 1.54) is 7.11 Å². The van der Waals surface area contributed by atoms with Crippen molar-refractivity contribution in [1.29, 1.82) is 0 Å². The minimum atomic E-state index is -0.778. The van der Waals surface area contributed by atoms with E-state index in [1.54, 1.807) is 0 Å². The van der Waals surface area contributed by atoms with Crippen molar-refractivity contribution in [2.24, 2.45) is 0 Å². The lowest BCUT2D eigenvalue weighted by Gasteiger charge is -2.16. The maximum absolute atomic E-state index is 14.2. The van der Waals surface area contributed by atoms with Gasteiger partial charge in [0.1, 0.15) is 5.75 Å². The maximum Gasteiger partial charge on any atom is 0.156 e. The van der Waals surface area contributed by atoms with Gasteiger partial charge in [0.2, 0.25) is 0 Å². The van der Waals surface area contributed by atoms with Crippen molar-refractivity contribution in [2.75, 3.05) is 7.11 Å². The number of benzene rings is 2. The summed E-state index contributed by atoms with van der Waals surface area (Å²) in [6, 6.07) is 7.45. The van der Waals surface area contributed by atoms with Crippen LogP contribution in [-0.4, -0.2) is 13.4 Å². The van der Waals surface area contributed by atoms with Crippen molar-refractivity contribution in [3.63, 3.8) is 0 Å². The molecule has 0 N–H and O–H groups in total. The van der Waals surface area contributed by atoms with Crippen LogP contribution >= 0.6 is 27.5 Å². The van der Waals surface area contributed by atoms with Crippen molar-refractivity contribution in [3.8, 4) is 16.9 Å². The Labute approximate surface area is 129 Å². The first-order chi connectivity index (χ1) is 9.52. The van der Waals surface area contributed by atoms with Gasteiger partial charge in [-0.25, -0.2) is 4.39 Å². The quantitative estimate of drug-likeness (QED) is 0.568. The number of aldehydes is 1. The van der Waals surface area contributed by atoms with Crippen molar-refractivity contribution >= 4 is 33.8 Å². The van der Waals surface area contributed by atoms with Gasteiger partial charge in [0.05, 0.1) is 22.2 Å². The van der Waals surface area contributed by atoms with Crippen molar-refractivity contribution in [1.82, 2.24) is 0 Å². The summed E-state index contributed by atoms with van der Waals surface area (Å²) < 4.78 is 19.8. The summed E-state index contributed by atoms with van der Waals surface area (Å²) in [6.07, 6.45) is 0.395. The Hall–Kier alpha value is -1.39. The summed E-state index contributed by atoms with van der Waals surface area (Å²) in [5.41, 5.74) is 2.00. The molecule has 20 heavy (non-hydrogen) atoms. The first-order valence-corrected chi connectivity index (χ1v) is 6.95. The second-order valence-electron chi connectivity index (χ2n) is 4.20. The third-order valence-corrected chi connectivity index (χ3v) is 4.16. The van der Waals surface area contributed by atoms with Crippen LogP contribution in [0.2, 0.25) is 5.02 Å². The molecule has 0 amide bonds. The van der Waals surface area contributed by atoms with E-state index in [9.17, 15) is 9.18 Å². The van der Waals surface area contributed by atoms with Gasteiger partial charge in [-0.05, 0) is 34.0 Å². The Kier molecular flexibility index (Phi) is 4.45. The lowest BCUT2D eigenvalue weighted by Crippen LogP contribution is -2.00. The normalized spacial score (nSPS) is 10.4. The standard InChI is InChI=1S/C15H11BrClFO2/c1-8-5-3-4-6-9(8)11-12(16)15(20-2)10(7-19)14(18)13(11)17/h3-7H,1-2H3. The molecule has 104 valence electrons. The number of aryl methyl sites for hydroxylation is 1. The molecule has 0 spiro atoms.